The SMILES string of the molecule is CCn1nccc1CN(C)C(=O)c1c(Cl)cnn1CC. The summed E-state index contributed by atoms with van der Waals surface area (Å²) in [5.41, 5.74) is 1.42. The molecule has 2 aromatic rings. The van der Waals surface area contributed by atoms with Gasteiger partial charge in [-0.1, -0.05) is 11.6 Å². The normalized spacial score (nSPS) is 10.8. The van der Waals surface area contributed by atoms with Crippen LogP contribution in [0.5, 0.6) is 0 Å². The Morgan fingerprint density at radius 1 is 1.30 bits per heavy atom. The van der Waals surface area contributed by atoms with Crippen molar-refractivity contribution < 1.29 is 4.79 Å². The van der Waals surface area contributed by atoms with Gasteiger partial charge in [0.15, 0.2) is 0 Å². The molecule has 0 aromatic carbocycles. The van der Waals surface area contributed by atoms with Crippen LogP contribution in [0.15, 0.2) is 18.5 Å². The zero-order valence-corrected chi connectivity index (χ0v) is 12.6. The monoisotopic (exact) mass is 295 g/mol. The van der Waals surface area contributed by atoms with Crippen LogP contribution in [0.25, 0.3) is 0 Å². The Labute approximate surface area is 122 Å². The Bertz CT molecular complexity index is 604. The molecule has 7 heteroatoms. The van der Waals surface area contributed by atoms with Crippen LogP contribution >= 0.6 is 11.6 Å². The molecule has 0 fully saturated rings. The molecule has 1 amide bonds. The Morgan fingerprint density at radius 2 is 2.00 bits per heavy atom. The summed E-state index contributed by atoms with van der Waals surface area (Å²) in [7, 11) is 1.75. The number of amides is 1. The lowest BCUT2D eigenvalue weighted by molar-refractivity contribution is 0.0769. The summed E-state index contributed by atoms with van der Waals surface area (Å²) in [4.78, 5) is 14.1. The van der Waals surface area contributed by atoms with E-state index < -0.39 is 0 Å². The van der Waals surface area contributed by atoms with Crippen molar-refractivity contribution in [3.05, 3.63) is 34.9 Å². The van der Waals surface area contributed by atoms with E-state index in [2.05, 4.69) is 10.2 Å². The molecule has 0 aliphatic rings. The van der Waals surface area contributed by atoms with Gasteiger partial charge in [0.1, 0.15) is 5.69 Å². The maximum Gasteiger partial charge on any atom is 0.273 e. The van der Waals surface area contributed by atoms with Gasteiger partial charge >= 0.3 is 0 Å². The van der Waals surface area contributed by atoms with Crippen molar-refractivity contribution in [1.29, 1.82) is 0 Å². The minimum atomic E-state index is -0.141. The molecule has 6 nitrogen and oxygen atoms in total. The lowest BCUT2D eigenvalue weighted by Gasteiger charge is -2.18. The topological polar surface area (TPSA) is 56.0 Å². The molecule has 0 saturated carbocycles. The largest absolute Gasteiger partial charge is 0.334 e. The van der Waals surface area contributed by atoms with Crippen molar-refractivity contribution in [2.24, 2.45) is 0 Å². The molecule has 0 saturated heterocycles. The van der Waals surface area contributed by atoms with E-state index in [9.17, 15) is 4.79 Å². The van der Waals surface area contributed by atoms with E-state index in [4.69, 9.17) is 11.6 Å². The van der Waals surface area contributed by atoms with Crippen LogP contribution in [-0.4, -0.2) is 37.4 Å². The van der Waals surface area contributed by atoms with Crippen molar-refractivity contribution in [3.63, 3.8) is 0 Å². The first-order valence-electron chi connectivity index (χ1n) is 6.55. The van der Waals surface area contributed by atoms with Gasteiger partial charge in [-0.2, -0.15) is 10.2 Å². The number of carbonyl (C=O) groups is 1. The Hall–Kier alpha value is -1.82. The Kier molecular flexibility index (Phi) is 4.44. The molecule has 20 heavy (non-hydrogen) atoms. The fraction of sp³-hybridized carbons (Fsp3) is 0.462. The van der Waals surface area contributed by atoms with E-state index in [0.29, 0.717) is 23.8 Å². The van der Waals surface area contributed by atoms with Gasteiger partial charge in [0.25, 0.3) is 5.91 Å². The van der Waals surface area contributed by atoms with Crippen molar-refractivity contribution in [2.45, 2.75) is 33.5 Å². The van der Waals surface area contributed by atoms with E-state index in [1.807, 2.05) is 24.6 Å². The van der Waals surface area contributed by atoms with Crippen LogP contribution in [-0.2, 0) is 19.6 Å². The molecule has 0 spiro atoms. The fourth-order valence-corrected chi connectivity index (χ4v) is 2.31. The molecule has 0 atom stereocenters. The van der Waals surface area contributed by atoms with Gasteiger partial charge in [0, 0.05) is 26.3 Å². The first-order chi connectivity index (χ1) is 9.58. The highest BCUT2D eigenvalue weighted by atomic mass is 35.5. The van der Waals surface area contributed by atoms with Gasteiger partial charge in [-0.3, -0.25) is 14.2 Å². The molecule has 108 valence electrons. The first-order valence-corrected chi connectivity index (χ1v) is 6.93. The quantitative estimate of drug-likeness (QED) is 0.848. The van der Waals surface area contributed by atoms with Crippen LogP contribution in [0.4, 0.5) is 0 Å². The minimum Gasteiger partial charge on any atom is -0.334 e. The van der Waals surface area contributed by atoms with Crippen LogP contribution < -0.4 is 0 Å². The van der Waals surface area contributed by atoms with Crippen molar-refractivity contribution in [2.75, 3.05) is 7.05 Å². The van der Waals surface area contributed by atoms with Gasteiger partial charge in [-0.05, 0) is 19.9 Å². The van der Waals surface area contributed by atoms with Crippen LogP contribution in [0.1, 0.15) is 30.0 Å². The minimum absolute atomic E-state index is 0.141. The van der Waals surface area contributed by atoms with Crippen molar-refractivity contribution >= 4 is 17.5 Å². The third-order valence-electron chi connectivity index (χ3n) is 3.15. The molecule has 0 radical (unpaired) electrons. The second kappa shape index (κ2) is 6.09. The summed E-state index contributed by atoms with van der Waals surface area (Å²) in [5.74, 6) is -0.141. The highest BCUT2D eigenvalue weighted by molar-refractivity contribution is 6.33. The smallest absolute Gasteiger partial charge is 0.273 e. The van der Waals surface area contributed by atoms with Crippen LogP contribution in [0.2, 0.25) is 5.02 Å². The zero-order chi connectivity index (χ0) is 14.7. The number of rotatable bonds is 5. The van der Waals surface area contributed by atoms with Gasteiger partial charge in [-0.25, -0.2) is 0 Å². The van der Waals surface area contributed by atoms with E-state index in [-0.39, 0.29) is 5.91 Å². The number of aromatic nitrogens is 4. The maximum absolute atomic E-state index is 12.5. The molecular weight excluding hydrogens is 278 g/mol. The molecule has 0 bridgehead atoms. The lowest BCUT2D eigenvalue weighted by Crippen LogP contribution is -2.29. The summed E-state index contributed by atoms with van der Waals surface area (Å²) >= 11 is 6.05. The molecule has 0 aliphatic carbocycles. The van der Waals surface area contributed by atoms with Crippen LogP contribution in [0, 0.1) is 0 Å². The Balaban J connectivity index is 2.18. The standard InChI is InChI=1S/C13H18ClN5O/c1-4-18-10(6-7-15-18)9-17(3)13(20)12-11(14)8-16-19(12)5-2/h6-8H,4-5,9H2,1-3H3. The predicted molar refractivity (Wildman–Crippen MR) is 76.6 cm³/mol. The number of nitrogens with zero attached hydrogens (tertiary/aromatic N) is 5. The van der Waals surface area contributed by atoms with Gasteiger partial charge in [0.05, 0.1) is 23.5 Å². The highest BCUT2D eigenvalue weighted by Crippen LogP contribution is 2.17. The number of halogens is 1. The molecule has 0 unspecified atom stereocenters. The summed E-state index contributed by atoms with van der Waals surface area (Å²) in [5, 5.41) is 8.67. The first kappa shape index (κ1) is 14.6. The fourth-order valence-electron chi connectivity index (χ4n) is 2.09. The summed E-state index contributed by atoms with van der Waals surface area (Å²) in [6.45, 7) is 5.80. The zero-order valence-electron chi connectivity index (χ0n) is 11.9. The van der Waals surface area contributed by atoms with Gasteiger partial charge in [-0.15, -0.1) is 0 Å². The average molecular weight is 296 g/mol. The number of hydrogen-bond acceptors (Lipinski definition) is 3. The van der Waals surface area contributed by atoms with E-state index in [0.717, 1.165) is 12.2 Å². The average Bonchev–Trinajstić information content (AvgIpc) is 3.03. The summed E-state index contributed by atoms with van der Waals surface area (Å²) < 4.78 is 3.47. The number of carbonyl (C=O) groups excluding carboxylic acids is 1. The third-order valence-corrected chi connectivity index (χ3v) is 3.42. The van der Waals surface area contributed by atoms with E-state index in [1.165, 1.54) is 6.20 Å². The van der Waals surface area contributed by atoms with Crippen molar-refractivity contribution in [1.82, 2.24) is 24.5 Å². The van der Waals surface area contributed by atoms with Gasteiger partial charge in [0.2, 0.25) is 0 Å². The number of aryl methyl sites for hydroxylation is 2. The number of hydrogen-bond donors (Lipinski definition) is 0. The molecule has 2 rings (SSSR count). The molecule has 2 heterocycles. The third kappa shape index (κ3) is 2.70. The Morgan fingerprint density at radius 3 is 2.65 bits per heavy atom. The summed E-state index contributed by atoms with van der Waals surface area (Å²) in [6, 6.07) is 1.91. The molecule has 0 N–H and O–H groups in total. The lowest BCUT2D eigenvalue weighted by atomic mass is 10.3. The second-order valence-corrected chi connectivity index (χ2v) is 4.86. The van der Waals surface area contributed by atoms with E-state index >= 15 is 0 Å². The van der Waals surface area contributed by atoms with Crippen LogP contribution in [0.3, 0.4) is 0 Å². The van der Waals surface area contributed by atoms with Gasteiger partial charge < -0.3 is 4.90 Å². The molecular formula is C13H18ClN5O. The van der Waals surface area contributed by atoms with E-state index in [1.54, 1.807) is 22.8 Å². The highest BCUT2D eigenvalue weighted by Gasteiger charge is 2.21. The second-order valence-electron chi connectivity index (χ2n) is 4.46. The molecule has 2 aromatic heterocycles. The predicted octanol–water partition coefficient (Wildman–Crippen LogP) is 2.04. The molecule has 0 aliphatic heterocycles. The maximum atomic E-state index is 12.5. The summed E-state index contributed by atoms with van der Waals surface area (Å²) in [6.07, 6.45) is 3.24. The van der Waals surface area contributed by atoms with Crippen molar-refractivity contribution in [3.8, 4) is 0 Å².